The van der Waals surface area contributed by atoms with Gasteiger partial charge in [-0.25, -0.2) is 0 Å². The lowest BCUT2D eigenvalue weighted by Crippen LogP contribution is -2.14. The van der Waals surface area contributed by atoms with Crippen molar-refractivity contribution in [3.05, 3.63) is 28.0 Å². The number of halogens is 1. The second-order valence-electron chi connectivity index (χ2n) is 3.39. The molecular formula is C10H13BrN2O2. The molecule has 0 saturated carbocycles. The summed E-state index contributed by atoms with van der Waals surface area (Å²) >= 11 is 3.36. The minimum Gasteiger partial charge on any atom is -0.481 e. The van der Waals surface area contributed by atoms with Gasteiger partial charge in [-0.1, -0.05) is 0 Å². The first-order valence-corrected chi connectivity index (χ1v) is 5.39. The Hall–Kier alpha value is -0.940. The van der Waals surface area contributed by atoms with Crippen molar-refractivity contribution in [3.8, 4) is 0 Å². The lowest BCUT2D eigenvalue weighted by Gasteiger charge is -2.15. The lowest BCUT2D eigenvalue weighted by atomic mass is 10.0. The molecule has 1 heterocycles. The van der Waals surface area contributed by atoms with Gasteiger partial charge in [-0.05, 0) is 40.4 Å². The molecule has 1 rings (SSSR count). The van der Waals surface area contributed by atoms with Gasteiger partial charge < -0.3 is 10.8 Å². The third-order valence-electron chi connectivity index (χ3n) is 2.18. The molecule has 0 aliphatic rings. The van der Waals surface area contributed by atoms with E-state index in [1.165, 1.54) is 0 Å². The van der Waals surface area contributed by atoms with Crippen molar-refractivity contribution in [2.24, 2.45) is 5.73 Å². The first-order chi connectivity index (χ1) is 7.02. The van der Waals surface area contributed by atoms with E-state index in [9.17, 15) is 4.79 Å². The number of carboxylic acid groups (broad SMARTS) is 1. The zero-order valence-corrected chi connectivity index (χ0v) is 9.99. The number of carbonyl (C=O) groups is 1. The highest BCUT2D eigenvalue weighted by Crippen LogP contribution is 2.26. The van der Waals surface area contributed by atoms with Crippen molar-refractivity contribution in [1.29, 1.82) is 0 Å². The Bertz CT molecular complexity index is 348. The summed E-state index contributed by atoms with van der Waals surface area (Å²) in [6, 6.07) is -0.265. The van der Waals surface area contributed by atoms with E-state index in [-0.39, 0.29) is 12.5 Å². The van der Waals surface area contributed by atoms with E-state index in [4.69, 9.17) is 10.8 Å². The highest BCUT2D eigenvalue weighted by atomic mass is 79.9. The summed E-state index contributed by atoms with van der Waals surface area (Å²) in [4.78, 5) is 14.4. The van der Waals surface area contributed by atoms with Crippen LogP contribution in [0.1, 0.15) is 30.0 Å². The average molecular weight is 273 g/mol. The van der Waals surface area contributed by atoms with Crippen LogP contribution in [0.3, 0.4) is 0 Å². The van der Waals surface area contributed by atoms with E-state index in [2.05, 4.69) is 20.9 Å². The molecule has 0 spiro atoms. The fourth-order valence-corrected chi connectivity index (χ4v) is 2.16. The van der Waals surface area contributed by atoms with Crippen molar-refractivity contribution >= 4 is 21.9 Å². The van der Waals surface area contributed by atoms with Crippen LogP contribution in [0.5, 0.6) is 0 Å². The molecule has 5 heteroatoms. The van der Waals surface area contributed by atoms with Crippen molar-refractivity contribution in [2.75, 3.05) is 0 Å². The fraction of sp³-hybridized carbons (Fsp3) is 0.400. The van der Waals surface area contributed by atoms with Gasteiger partial charge in [-0.15, -0.1) is 0 Å². The molecule has 0 bridgehead atoms. The van der Waals surface area contributed by atoms with Gasteiger partial charge in [0.25, 0.3) is 0 Å². The summed E-state index contributed by atoms with van der Waals surface area (Å²) in [5.41, 5.74) is 7.83. The molecule has 82 valence electrons. The van der Waals surface area contributed by atoms with E-state index < -0.39 is 5.97 Å². The van der Waals surface area contributed by atoms with Crippen molar-refractivity contribution in [2.45, 2.75) is 25.8 Å². The SMILES string of the molecule is Cc1cncc(Br)c1C(N)CCC(=O)O. The molecule has 0 fully saturated rings. The van der Waals surface area contributed by atoms with Crippen molar-refractivity contribution in [1.82, 2.24) is 4.98 Å². The number of hydrogen-bond donors (Lipinski definition) is 2. The largest absolute Gasteiger partial charge is 0.481 e. The Kier molecular flexibility index (Phi) is 4.23. The maximum atomic E-state index is 10.4. The number of nitrogens with zero attached hydrogens (tertiary/aromatic N) is 1. The highest BCUT2D eigenvalue weighted by molar-refractivity contribution is 9.10. The molecule has 1 unspecified atom stereocenters. The number of carboxylic acids is 1. The smallest absolute Gasteiger partial charge is 0.303 e. The number of nitrogens with two attached hydrogens (primary N) is 1. The molecule has 0 aliphatic heterocycles. The molecule has 1 atom stereocenters. The van der Waals surface area contributed by atoms with Gasteiger partial charge in [0.05, 0.1) is 0 Å². The summed E-state index contributed by atoms with van der Waals surface area (Å²) < 4.78 is 0.834. The molecule has 0 saturated heterocycles. The van der Waals surface area contributed by atoms with Crippen LogP contribution in [-0.2, 0) is 4.79 Å². The molecule has 4 nitrogen and oxygen atoms in total. The van der Waals surface area contributed by atoms with Gasteiger partial charge in [0.2, 0.25) is 0 Å². The summed E-state index contributed by atoms with van der Waals surface area (Å²) in [6.07, 6.45) is 3.90. The highest BCUT2D eigenvalue weighted by Gasteiger charge is 2.14. The van der Waals surface area contributed by atoms with Gasteiger partial charge in [0, 0.05) is 29.3 Å². The van der Waals surface area contributed by atoms with Crippen LogP contribution in [0.2, 0.25) is 0 Å². The van der Waals surface area contributed by atoms with E-state index in [1.54, 1.807) is 12.4 Å². The molecule has 1 aromatic rings. The number of hydrogen-bond acceptors (Lipinski definition) is 3. The summed E-state index contributed by atoms with van der Waals surface area (Å²) in [7, 11) is 0. The molecule has 3 N–H and O–H groups in total. The molecular weight excluding hydrogens is 260 g/mol. The second-order valence-corrected chi connectivity index (χ2v) is 4.25. The average Bonchev–Trinajstić information content (AvgIpc) is 2.14. The third-order valence-corrected chi connectivity index (χ3v) is 2.81. The van der Waals surface area contributed by atoms with Gasteiger partial charge in [-0.2, -0.15) is 0 Å². The number of aliphatic carboxylic acids is 1. The maximum Gasteiger partial charge on any atom is 0.303 e. The molecule has 1 aromatic heterocycles. The standard InChI is InChI=1S/C10H13BrN2O2/c1-6-4-13-5-7(11)10(6)8(12)2-3-9(14)15/h4-5,8H,2-3,12H2,1H3,(H,14,15). The van der Waals surface area contributed by atoms with Gasteiger partial charge in [0.15, 0.2) is 0 Å². The number of pyridine rings is 1. The van der Waals surface area contributed by atoms with Crippen LogP contribution in [0, 0.1) is 6.92 Å². The predicted octanol–water partition coefficient (Wildman–Crippen LogP) is 2.02. The predicted molar refractivity (Wildman–Crippen MR) is 60.5 cm³/mol. The van der Waals surface area contributed by atoms with Crippen molar-refractivity contribution < 1.29 is 9.90 Å². The van der Waals surface area contributed by atoms with E-state index in [1.807, 2.05) is 6.92 Å². The second kappa shape index (κ2) is 5.23. The van der Waals surface area contributed by atoms with Crippen LogP contribution >= 0.6 is 15.9 Å². The first kappa shape index (κ1) is 12.1. The minimum atomic E-state index is -0.826. The fourth-order valence-electron chi connectivity index (χ4n) is 1.43. The van der Waals surface area contributed by atoms with Crippen LogP contribution in [0.15, 0.2) is 16.9 Å². The maximum absolute atomic E-state index is 10.4. The minimum absolute atomic E-state index is 0.0787. The van der Waals surface area contributed by atoms with Crippen molar-refractivity contribution in [3.63, 3.8) is 0 Å². The summed E-state index contributed by atoms with van der Waals surface area (Å²) in [5.74, 6) is -0.826. The van der Waals surface area contributed by atoms with Crippen LogP contribution in [0.4, 0.5) is 0 Å². The molecule has 0 radical (unpaired) electrons. The first-order valence-electron chi connectivity index (χ1n) is 4.59. The number of rotatable bonds is 4. The normalized spacial score (nSPS) is 12.5. The monoisotopic (exact) mass is 272 g/mol. The molecule has 0 amide bonds. The van der Waals surface area contributed by atoms with Crippen LogP contribution < -0.4 is 5.73 Å². The van der Waals surface area contributed by atoms with Gasteiger partial charge >= 0.3 is 5.97 Å². The van der Waals surface area contributed by atoms with Crippen LogP contribution in [0.25, 0.3) is 0 Å². The topological polar surface area (TPSA) is 76.2 Å². The Labute approximate surface area is 96.6 Å². The Morgan fingerprint density at radius 1 is 1.67 bits per heavy atom. The third kappa shape index (κ3) is 3.28. The van der Waals surface area contributed by atoms with E-state index in [0.717, 1.165) is 15.6 Å². The zero-order valence-electron chi connectivity index (χ0n) is 8.40. The lowest BCUT2D eigenvalue weighted by molar-refractivity contribution is -0.137. The van der Waals surface area contributed by atoms with Gasteiger partial charge in [0.1, 0.15) is 0 Å². The Morgan fingerprint density at radius 3 is 2.87 bits per heavy atom. The molecule has 0 aromatic carbocycles. The molecule has 0 aliphatic carbocycles. The number of aromatic nitrogens is 1. The summed E-state index contributed by atoms with van der Waals surface area (Å²) in [6.45, 7) is 1.91. The van der Waals surface area contributed by atoms with Gasteiger partial charge in [-0.3, -0.25) is 9.78 Å². The quantitative estimate of drug-likeness (QED) is 0.879. The summed E-state index contributed by atoms with van der Waals surface area (Å²) in [5, 5.41) is 8.57. The van der Waals surface area contributed by atoms with Crippen LogP contribution in [-0.4, -0.2) is 16.1 Å². The molecule has 15 heavy (non-hydrogen) atoms. The Balaban J connectivity index is 2.81. The Morgan fingerprint density at radius 2 is 2.33 bits per heavy atom. The number of aryl methyl sites for hydroxylation is 1. The zero-order chi connectivity index (χ0) is 11.4. The van der Waals surface area contributed by atoms with E-state index in [0.29, 0.717) is 6.42 Å². The van der Waals surface area contributed by atoms with E-state index >= 15 is 0 Å².